The van der Waals surface area contributed by atoms with Crippen molar-refractivity contribution >= 4 is 16.9 Å². The summed E-state index contributed by atoms with van der Waals surface area (Å²) in [6.07, 6.45) is 15.2. The van der Waals surface area contributed by atoms with E-state index in [2.05, 4.69) is 59.4 Å². The minimum absolute atomic E-state index is 0.0123. The molecule has 81 heavy (non-hydrogen) atoms. The second-order valence-electron chi connectivity index (χ2n) is 25.6. The van der Waals surface area contributed by atoms with E-state index < -0.39 is 71.0 Å². The summed E-state index contributed by atoms with van der Waals surface area (Å²) in [6.45, 7) is 5.96. The summed E-state index contributed by atoms with van der Waals surface area (Å²) >= 11 is 0. The normalized spacial score (nSPS) is 35.2. The van der Waals surface area contributed by atoms with Gasteiger partial charge in [0.25, 0.3) is 0 Å². The monoisotopic (exact) mass is 1100 g/mol. The number of nitrogens with one attached hydrogen (secondary N) is 3. The molecule has 1 aromatic heterocycles. The van der Waals surface area contributed by atoms with Crippen molar-refractivity contribution in [1.29, 1.82) is 0 Å². The number of phenolic OH excluding ortho intramolecular Hbond substituents is 2. The van der Waals surface area contributed by atoms with E-state index in [0.29, 0.717) is 68.4 Å². The summed E-state index contributed by atoms with van der Waals surface area (Å²) in [5, 5.41) is 83.0. The van der Waals surface area contributed by atoms with E-state index >= 15 is 4.79 Å². The lowest BCUT2D eigenvalue weighted by molar-refractivity contribution is -0.171. The zero-order chi connectivity index (χ0) is 56.0. The average Bonchev–Trinajstić information content (AvgIpc) is 2.94. The number of fused-ring (bicyclic) bond motifs is 14. The van der Waals surface area contributed by atoms with Crippen LogP contribution in [0.15, 0.2) is 110 Å². The van der Waals surface area contributed by atoms with Crippen molar-refractivity contribution in [3.63, 3.8) is 0 Å². The van der Waals surface area contributed by atoms with Crippen LogP contribution in [0.3, 0.4) is 0 Å². The molecule has 0 radical (unpaired) electrons. The largest absolute Gasteiger partial charge is 0.508 e. The molecule has 10 aliphatic rings. The van der Waals surface area contributed by atoms with Crippen molar-refractivity contribution in [2.75, 3.05) is 19.7 Å². The van der Waals surface area contributed by atoms with E-state index in [1.54, 1.807) is 25.1 Å². The van der Waals surface area contributed by atoms with Gasteiger partial charge in [-0.3, -0.25) is 10.1 Å². The fourth-order valence-electron chi connectivity index (χ4n) is 18.3. The molecule has 0 spiro atoms. The molecule has 1 unspecified atom stereocenters. The fraction of sp³-hybridized carbons (Fsp3) is 0.515. The highest BCUT2D eigenvalue weighted by molar-refractivity contribution is 5.93. The van der Waals surface area contributed by atoms with Crippen LogP contribution in [0.5, 0.6) is 17.2 Å². The van der Waals surface area contributed by atoms with Gasteiger partial charge in [-0.2, -0.15) is 0 Å². The first-order valence-corrected chi connectivity index (χ1v) is 30.0. The Kier molecular flexibility index (Phi) is 12.6. The molecule has 0 amide bonds. The molecule has 6 bridgehead atoms. The number of phenols is 2. The van der Waals surface area contributed by atoms with Gasteiger partial charge in [0, 0.05) is 54.1 Å². The Balaban J connectivity index is 0.967. The number of allylic oxidation sites excluding steroid dienone is 5. The zero-order valence-electron chi connectivity index (χ0n) is 46.5. The minimum atomic E-state index is -1.55. The molecule has 3 fully saturated rings. The summed E-state index contributed by atoms with van der Waals surface area (Å²) in [6, 6.07) is 12.8. The maximum atomic E-state index is 15.9. The highest BCUT2D eigenvalue weighted by atomic mass is 16.6. The van der Waals surface area contributed by atoms with Crippen molar-refractivity contribution in [1.82, 2.24) is 16.0 Å². The number of aromatic hydroxyl groups is 2. The third-order valence-corrected chi connectivity index (χ3v) is 21.9. The molecule has 3 aromatic carbocycles. The number of hydrogen-bond acceptors (Lipinski definition) is 15. The lowest BCUT2D eigenvalue weighted by Crippen LogP contribution is -2.59. The number of carbonyl (C=O) groups is 1. The molecule has 14 rings (SSSR count). The highest BCUT2D eigenvalue weighted by Crippen LogP contribution is 2.65. The van der Waals surface area contributed by atoms with Crippen LogP contribution in [-0.4, -0.2) is 79.8 Å². The molecular formula is C66H76N4O11. The number of aryl methyl sites for hydroxylation is 1. The first-order chi connectivity index (χ1) is 39.1. The summed E-state index contributed by atoms with van der Waals surface area (Å²) in [7, 11) is 0. The summed E-state index contributed by atoms with van der Waals surface area (Å²) < 4.78 is 21.6. The van der Waals surface area contributed by atoms with Gasteiger partial charge in [0.15, 0.2) is 5.43 Å². The van der Waals surface area contributed by atoms with E-state index in [1.807, 2.05) is 13.0 Å². The lowest BCUT2D eigenvalue weighted by atomic mass is 9.61. The van der Waals surface area contributed by atoms with Crippen LogP contribution in [0.2, 0.25) is 0 Å². The van der Waals surface area contributed by atoms with Crippen LogP contribution >= 0.6 is 0 Å². The van der Waals surface area contributed by atoms with Gasteiger partial charge in [0.1, 0.15) is 58.1 Å². The Morgan fingerprint density at radius 2 is 1.80 bits per heavy atom. The molecule has 3 saturated carbocycles. The molecule has 0 saturated heterocycles. The smallest absolute Gasteiger partial charge is 0.337 e. The first kappa shape index (κ1) is 52.7. The fourth-order valence-corrected chi connectivity index (χ4v) is 18.3. The Morgan fingerprint density at radius 3 is 2.60 bits per heavy atom. The van der Waals surface area contributed by atoms with E-state index in [1.165, 1.54) is 17.2 Å². The van der Waals surface area contributed by atoms with Crippen molar-refractivity contribution in [3.05, 3.63) is 156 Å². The molecule has 4 aromatic rings. The maximum Gasteiger partial charge on any atom is 0.337 e. The van der Waals surface area contributed by atoms with Crippen LogP contribution in [-0.2, 0) is 34.6 Å². The first-order valence-electron chi connectivity index (χ1n) is 30.0. The summed E-state index contributed by atoms with van der Waals surface area (Å²) in [5.74, 6) is -2.99. The van der Waals surface area contributed by atoms with Crippen molar-refractivity contribution in [2.24, 2.45) is 35.3 Å². The number of nitrogens with two attached hydrogens (primary N) is 1. The standard InChI is InChI=1S/C66H76N4O11/c1-4-48(66(78)28-35-22-38(66)21-34-20-37-8-7-18-65(37,77)49-10-6-9-41(35)54(34)49)63(76)80-52-27-46-59(75)57-51(74)26-40(30-71)79-61(57)58-55-44-17-19-69-62(67)56(44)43(16-12-32-11-14-39(73)25-45(32)47(55)31-72)42-15-13-33-24-53(68-5-2)70-29-36(33)23-50(42)64(52,3)81-60(46)58/h4,6,9-11,14,17,24-26,29,34-35,37-38,42-43,47,50,52-53,55,68-73,75,77-78H,5,7-8,12-13,15-16,18-23,27-28,30-31,67H2,1-3H3/b48-4+/t34-,35+,37-,38-,42-,43+,47-,50+,52-,53?,55+,64+,65+,66+/m1/s1. The van der Waals surface area contributed by atoms with E-state index in [9.17, 15) is 35.4 Å². The highest BCUT2D eigenvalue weighted by Gasteiger charge is 2.61. The Hall–Kier alpha value is -6.36. The van der Waals surface area contributed by atoms with E-state index in [-0.39, 0.29) is 87.5 Å². The average molecular weight is 1100 g/mol. The van der Waals surface area contributed by atoms with Gasteiger partial charge >= 0.3 is 5.97 Å². The molecular weight excluding hydrogens is 1020 g/mol. The van der Waals surface area contributed by atoms with Gasteiger partial charge < -0.3 is 60.9 Å². The Morgan fingerprint density at radius 1 is 0.975 bits per heavy atom. The zero-order valence-corrected chi connectivity index (χ0v) is 46.5. The molecule has 4 aliphatic heterocycles. The molecule has 426 valence electrons. The van der Waals surface area contributed by atoms with Crippen molar-refractivity contribution in [3.8, 4) is 17.2 Å². The van der Waals surface area contributed by atoms with Crippen LogP contribution in [0.1, 0.15) is 160 Å². The van der Waals surface area contributed by atoms with E-state index in [4.69, 9.17) is 19.6 Å². The number of likely N-dealkylation sites (N-methyl/N-ethyl adjacent to an activating group) is 1. The maximum absolute atomic E-state index is 15.9. The number of rotatable bonds is 7. The molecule has 15 heteroatoms. The second kappa shape index (κ2) is 19.4. The van der Waals surface area contributed by atoms with Gasteiger partial charge in [-0.1, -0.05) is 43.3 Å². The molecule has 6 aliphatic carbocycles. The van der Waals surface area contributed by atoms with Crippen molar-refractivity contribution < 1.29 is 49.3 Å². The number of benzene rings is 3. The summed E-state index contributed by atoms with van der Waals surface area (Å²) in [5.41, 5.74) is 12.8. The van der Waals surface area contributed by atoms with Crippen LogP contribution in [0.4, 0.5) is 0 Å². The Bertz CT molecular complexity index is 3540. The van der Waals surface area contributed by atoms with Crippen LogP contribution in [0, 0.1) is 29.6 Å². The van der Waals surface area contributed by atoms with Crippen LogP contribution in [0.25, 0.3) is 11.0 Å². The number of hydrogen-bond donors (Lipinski definition) is 10. The number of aliphatic hydroxyl groups excluding tert-OH is 2. The lowest BCUT2D eigenvalue weighted by Gasteiger charge is -2.52. The summed E-state index contributed by atoms with van der Waals surface area (Å²) in [4.78, 5) is 30.5. The van der Waals surface area contributed by atoms with E-state index in [0.717, 1.165) is 72.1 Å². The number of esters is 1. The minimum Gasteiger partial charge on any atom is -0.508 e. The molecule has 11 N–H and O–H groups in total. The predicted molar refractivity (Wildman–Crippen MR) is 304 cm³/mol. The van der Waals surface area contributed by atoms with Gasteiger partial charge in [-0.05, 0) is 201 Å². The Labute approximate surface area is 471 Å². The van der Waals surface area contributed by atoms with Gasteiger partial charge in [0.2, 0.25) is 0 Å². The third-order valence-electron chi connectivity index (χ3n) is 21.9. The van der Waals surface area contributed by atoms with Crippen LogP contribution < -0.4 is 31.8 Å². The molecule has 5 heterocycles. The van der Waals surface area contributed by atoms with Gasteiger partial charge in [-0.15, -0.1) is 0 Å². The number of aliphatic hydroxyl groups is 4. The predicted octanol–water partition coefficient (Wildman–Crippen LogP) is 7.95. The SMILES string of the molecule is C/C=C(\C(=O)O[C@@H]1Cc2c3c(c4oc(CO)cc(=O)c4c2O)[C@H]2C4=CCNC(N)=C4[C@@H](CCc4ccc(O)cc4[C@H]2CO)[C@H]2CCC4=CC(NCC)NC=C4C[C@@H]2[C@]1(C)O3)[C@]1(O)C[C@@H]2C[C@H]1C[C@H]1C[C@H]3CCC[C@@]3(O)c3cccc2c31. The topological polar surface area (TPSA) is 249 Å². The van der Waals surface area contributed by atoms with Crippen molar-refractivity contribution in [2.45, 2.75) is 164 Å². The molecule has 15 nitrogen and oxygen atoms in total. The quantitative estimate of drug-likeness (QED) is 0.0623. The third kappa shape index (κ3) is 7.83. The molecule has 14 atom stereocenters. The number of dihydropyridines is 2. The van der Waals surface area contributed by atoms with Gasteiger partial charge in [-0.25, -0.2) is 4.79 Å². The van der Waals surface area contributed by atoms with Gasteiger partial charge in [0.05, 0.1) is 29.5 Å². The number of carbonyl (C=O) groups excluding carboxylic acids is 1. The second-order valence-corrected chi connectivity index (χ2v) is 25.6. The number of ether oxygens (including phenoxy) is 2.